The van der Waals surface area contributed by atoms with Crippen LogP contribution in [0.4, 0.5) is 14.5 Å². The number of carbonyl (C=O) groups excluding carboxylic acids is 1. The second-order valence-electron chi connectivity index (χ2n) is 9.64. The van der Waals surface area contributed by atoms with Crippen LogP contribution >= 0.6 is 0 Å². The van der Waals surface area contributed by atoms with E-state index in [4.69, 9.17) is 4.74 Å². The molecule has 16 heteroatoms. The molecule has 1 N–H and O–H groups in total. The summed E-state index contributed by atoms with van der Waals surface area (Å²) in [6, 6.07) is 5.17. The maximum atomic E-state index is 13.6. The molecule has 6 rings (SSSR count). The van der Waals surface area contributed by atoms with Crippen LogP contribution in [0.15, 0.2) is 71.2 Å². The monoisotopic (exact) mass is 597 g/mol. The minimum Gasteiger partial charge on any atom is -0.434 e. The molecule has 1 saturated heterocycles. The number of alkyl halides is 2. The molecular formula is C26H25F2N9O4S. The van der Waals surface area contributed by atoms with Gasteiger partial charge in [-0.2, -0.15) is 24.1 Å². The van der Waals surface area contributed by atoms with Crippen molar-refractivity contribution in [3.05, 3.63) is 67.0 Å². The number of hydrogen-bond donors (Lipinski definition) is 1. The molecule has 0 radical (unpaired) electrons. The number of likely N-dealkylation sites (tertiary alicyclic amines) is 1. The van der Waals surface area contributed by atoms with Crippen molar-refractivity contribution in [3.63, 3.8) is 0 Å². The van der Waals surface area contributed by atoms with Gasteiger partial charge in [-0.3, -0.25) is 14.2 Å². The average Bonchev–Trinajstić information content (AvgIpc) is 3.66. The molecule has 1 amide bonds. The van der Waals surface area contributed by atoms with E-state index in [-0.39, 0.29) is 38.0 Å². The van der Waals surface area contributed by atoms with Gasteiger partial charge in [0.25, 0.3) is 5.91 Å². The van der Waals surface area contributed by atoms with E-state index >= 15 is 0 Å². The summed E-state index contributed by atoms with van der Waals surface area (Å²) in [6.45, 7) is 0.108. The Morgan fingerprint density at radius 3 is 2.71 bits per heavy atom. The highest BCUT2D eigenvalue weighted by molar-refractivity contribution is 7.91. The van der Waals surface area contributed by atoms with Gasteiger partial charge < -0.3 is 15.0 Å². The van der Waals surface area contributed by atoms with E-state index in [0.29, 0.717) is 12.2 Å². The summed E-state index contributed by atoms with van der Waals surface area (Å²) >= 11 is 0. The first-order chi connectivity index (χ1) is 20.2. The number of aromatic nitrogens is 7. The molecule has 0 saturated carbocycles. The lowest BCUT2D eigenvalue weighted by Gasteiger charge is -2.30. The van der Waals surface area contributed by atoms with Crippen LogP contribution in [-0.4, -0.2) is 79.6 Å². The highest BCUT2D eigenvalue weighted by atomic mass is 32.2. The number of nitrogens with zero attached hydrogens (tertiary/aromatic N) is 8. The number of amides is 1. The summed E-state index contributed by atoms with van der Waals surface area (Å²) in [4.78, 5) is 19.4. The van der Waals surface area contributed by atoms with Crippen molar-refractivity contribution < 1.29 is 26.7 Å². The van der Waals surface area contributed by atoms with Crippen LogP contribution in [0.25, 0.3) is 16.9 Å². The van der Waals surface area contributed by atoms with Gasteiger partial charge in [0.2, 0.25) is 9.84 Å². The lowest BCUT2D eigenvalue weighted by atomic mass is 10.1. The van der Waals surface area contributed by atoms with E-state index in [1.54, 1.807) is 24.0 Å². The van der Waals surface area contributed by atoms with Gasteiger partial charge in [-0.1, -0.05) is 0 Å². The number of ether oxygens (including phenoxy) is 1. The summed E-state index contributed by atoms with van der Waals surface area (Å²) in [7, 11) is -2.53. The average molecular weight is 598 g/mol. The van der Waals surface area contributed by atoms with Crippen LogP contribution < -0.4 is 10.1 Å². The number of hydrogen-bond acceptors (Lipinski definition) is 9. The normalized spacial score (nSPS) is 13.9. The fraction of sp³-hybridized carbons (Fsp3) is 0.269. The molecule has 1 fully saturated rings. The minimum absolute atomic E-state index is 0.0215. The summed E-state index contributed by atoms with van der Waals surface area (Å²) < 4.78 is 62.9. The van der Waals surface area contributed by atoms with E-state index in [1.807, 2.05) is 0 Å². The molecule has 0 aliphatic carbocycles. The molecule has 1 aliphatic heterocycles. The zero-order chi connectivity index (χ0) is 29.4. The molecule has 1 aromatic carbocycles. The van der Waals surface area contributed by atoms with Crippen LogP contribution in [0.5, 0.6) is 5.75 Å². The predicted octanol–water partition coefficient (Wildman–Crippen LogP) is 2.72. The fourth-order valence-corrected chi connectivity index (χ4v) is 5.85. The molecule has 13 nitrogen and oxygen atoms in total. The Hall–Kier alpha value is -4.70. The van der Waals surface area contributed by atoms with Crippen molar-refractivity contribution in [1.82, 2.24) is 39.1 Å². The van der Waals surface area contributed by atoms with Crippen molar-refractivity contribution in [2.24, 2.45) is 7.05 Å². The van der Waals surface area contributed by atoms with Crippen LogP contribution in [-0.2, 0) is 23.4 Å². The van der Waals surface area contributed by atoms with Gasteiger partial charge in [-0.05, 0) is 43.8 Å². The van der Waals surface area contributed by atoms with Crippen LogP contribution in [0.1, 0.15) is 16.8 Å². The molecule has 0 bridgehead atoms. The van der Waals surface area contributed by atoms with E-state index < -0.39 is 22.4 Å². The summed E-state index contributed by atoms with van der Waals surface area (Å²) in [5.74, 6) is -0.898. The third-order valence-electron chi connectivity index (χ3n) is 6.85. The predicted molar refractivity (Wildman–Crippen MR) is 145 cm³/mol. The number of rotatable bonds is 10. The SMILES string of the molecule is Cn1cc(NC(=O)c2cnn3cccnc23)c(-c2cc(S(=O)(=O)c3cnn(CCN4CCC4)c3)ccc2OC(F)F)n1. The molecule has 0 unspecified atom stereocenters. The van der Waals surface area contributed by atoms with Gasteiger partial charge in [-0.15, -0.1) is 0 Å². The first-order valence-corrected chi connectivity index (χ1v) is 14.4. The highest BCUT2D eigenvalue weighted by Gasteiger charge is 2.26. The second-order valence-corrected chi connectivity index (χ2v) is 11.6. The van der Waals surface area contributed by atoms with Crippen LogP contribution in [0.2, 0.25) is 0 Å². The Bertz CT molecular complexity index is 1880. The smallest absolute Gasteiger partial charge is 0.387 e. The Morgan fingerprint density at radius 1 is 1.12 bits per heavy atom. The van der Waals surface area contributed by atoms with Crippen LogP contribution in [0, 0.1) is 0 Å². The number of nitrogens with one attached hydrogen (secondary N) is 1. The fourth-order valence-electron chi connectivity index (χ4n) is 4.61. The number of fused-ring (bicyclic) bond motifs is 1. The summed E-state index contributed by atoms with van der Waals surface area (Å²) in [5.41, 5.74) is 0.562. The molecule has 5 heterocycles. The number of halogens is 2. The maximum absolute atomic E-state index is 13.6. The van der Waals surface area contributed by atoms with Crippen molar-refractivity contribution in [3.8, 4) is 17.0 Å². The van der Waals surface area contributed by atoms with Gasteiger partial charge in [0.15, 0.2) is 5.65 Å². The molecule has 5 aromatic rings. The second kappa shape index (κ2) is 10.9. The number of benzene rings is 1. The van der Waals surface area contributed by atoms with E-state index in [9.17, 15) is 22.0 Å². The van der Waals surface area contributed by atoms with E-state index in [2.05, 4.69) is 30.5 Å². The lowest BCUT2D eigenvalue weighted by Crippen LogP contribution is -2.39. The quantitative estimate of drug-likeness (QED) is 0.257. The van der Waals surface area contributed by atoms with E-state index in [1.165, 1.54) is 52.3 Å². The molecule has 1 aliphatic rings. The van der Waals surface area contributed by atoms with Gasteiger partial charge in [0.05, 0.1) is 29.5 Å². The highest BCUT2D eigenvalue weighted by Crippen LogP contribution is 2.38. The molecular weight excluding hydrogens is 572 g/mol. The molecule has 4 aromatic heterocycles. The van der Waals surface area contributed by atoms with Gasteiger partial charge in [-0.25, -0.2) is 17.9 Å². The first kappa shape index (κ1) is 27.5. The third kappa shape index (κ3) is 5.33. The zero-order valence-corrected chi connectivity index (χ0v) is 23.1. The van der Waals surface area contributed by atoms with Gasteiger partial charge in [0, 0.05) is 43.9 Å². The Balaban J connectivity index is 1.34. The topological polar surface area (TPSA) is 142 Å². The first-order valence-electron chi connectivity index (χ1n) is 12.9. The van der Waals surface area contributed by atoms with Crippen molar-refractivity contribution in [2.45, 2.75) is 29.4 Å². The number of sulfone groups is 1. The Morgan fingerprint density at radius 2 is 1.95 bits per heavy atom. The number of anilines is 1. The summed E-state index contributed by atoms with van der Waals surface area (Å²) in [6.07, 6.45) is 9.79. The van der Waals surface area contributed by atoms with Gasteiger partial charge >= 0.3 is 6.61 Å². The standard InChI is InChI=1S/C26H25F2N9O4S/c1-34-16-21(32-25(38)20-14-31-37-9-2-6-29-24(20)37)23(33-34)19-12-17(4-5-22(19)41-26(27)28)42(39,40)18-13-30-36(15-18)11-10-35-7-3-8-35/h2,4-6,9,12-16,26H,3,7-8,10-11H2,1H3,(H,32,38). The van der Waals surface area contributed by atoms with Crippen molar-refractivity contribution >= 4 is 27.1 Å². The van der Waals surface area contributed by atoms with Crippen molar-refractivity contribution in [2.75, 3.05) is 25.0 Å². The molecule has 0 atom stereocenters. The maximum Gasteiger partial charge on any atom is 0.387 e. The number of carbonyl (C=O) groups is 1. The molecule has 218 valence electrons. The minimum atomic E-state index is -4.09. The van der Waals surface area contributed by atoms with Gasteiger partial charge in [0.1, 0.15) is 21.9 Å². The number of aryl methyl sites for hydroxylation is 1. The largest absolute Gasteiger partial charge is 0.434 e. The van der Waals surface area contributed by atoms with E-state index in [0.717, 1.165) is 32.1 Å². The van der Waals surface area contributed by atoms with Crippen LogP contribution in [0.3, 0.4) is 0 Å². The Labute approximate surface area is 238 Å². The molecule has 0 spiro atoms. The lowest BCUT2D eigenvalue weighted by molar-refractivity contribution is -0.0494. The molecule has 42 heavy (non-hydrogen) atoms. The summed E-state index contributed by atoms with van der Waals surface area (Å²) in [5, 5.41) is 15.3. The zero-order valence-electron chi connectivity index (χ0n) is 22.3. The third-order valence-corrected chi connectivity index (χ3v) is 8.55. The Kier molecular flexibility index (Phi) is 7.16. The van der Waals surface area contributed by atoms with Crippen molar-refractivity contribution in [1.29, 1.82) is 0 Å².